The van der Waals surface area contributed by atoms with Crippen molar-refractivity contribution in [3.63, 3.8) is 0 Å². The molecule has 3 heteroatoms. The Balaban J connectivity index is 4.67. The van der Waals surface area contributed by atoms with Crippen LogP contribution < -0.4 is 0 Å². The highest BCUT2D eigenvalue weighted by molar-refractivity contribution is 6.02. The van der Waals surface area contributed by atoms with Crippen molar-refractivity contribution in [2.75, 3.05) is 0 Å². The number of hydrogen-bond donors (Lipinski definition) is 1. The van der Waals surface area contributed by atoms with Crippen molar-refractivity contribution >= 4 is 11.6 Å². The lowest BCUT2D eigenvalue weighted by Crippen LogP contribution is -2.04. The second-order valence-corrected chi connectivity index (χ2v) is 2.09. The number of aliphatic hydroxyl groups is 1. The molecule has 0 aliphatic heterocycles. The quantitative estimate of drug-likeness (QED) is 0.462. The lowest BCUT2D eigenvalue weighted by atomic mass is 10.1. The number of ketones is 2. The maximum atomic E-state index is 10.5. The van der Waals surface area contributed by atoms with Gasteiger partial charge in [-0.05, 0) is 13.8 Å². The van der Waals surface area contributed by atoms with Crippen LogP contribution in [0.5, 0.6) is 0 Å². The van der Waals surface area contributed by atoms with Crippen molar-refractivity contribution in [1.29, 1.82) is 0 Å². The Kier molecular flexibility index (Phi) is 2.80. The zero-order valence-electron chi connectivity index (χ0n) is 6.26. The Morgan fingerprint density at radius 3 is 1.50 bits per heavy atom. The summed E-state index contributed by atoms with van der Waals surface area (Å²) in [5.41, 5.74) is 0.118. The molecule has 0 aromatic carbocycles. The molecule has 0 spiro atoms. The summed E-state index contributed by atoms with van der Waals surface area (Å²) in [7, 11) is 0. The minimum Gasteiger partial charge on any atom is -0.504 e. The van der Waals surface area contributed by atoms with Crippen molar-refractivity contribution < 1.29 is 14.7 Å². The minimum absolute atomic E-state index is 0.118. The summed E-state index contributed by atoms with van der Waals surface area (Å²) >= 11 is 0. The van der Waals surface area contributed by atoms with Gasteiger partial charge in [0, 0.05) is 12.5 Å². The van der Waals surface area contributed by atoms with Gasteiger partial charge in [-0.3, -0.25) is 9.59 Å². The number of carbonyl (C=O) groups is 2. The average molecular weight is 142 g/mol. The van der Waals surface area contributed by atoms with Gasteiger partial charge in [0.25, 0.3) is 0 Å². The van der Waals surface area contributed by atoms with Crippen LogP contribution in [0.25, 0.3) is 0 Å². The fraction of sp³-hybridized carbons (Fsp3) is 0.429. The van der Waals surface area contributed by atoms with E-state index in [2.05, 4.69) is 0 Å². The predicted octanol–water partition coefficient (Wildman–Crippen LogP) is 0.996. The van der Waals surface area contributed by atoms with Gasteiger partial charge in [0.2, 0.25) is 0 Å². The van der Waals surface area contributed by atoms with Gasteiger partial charge in [0.1, 0.15) is 0 Å². The molecule has 3 nitrogen and oxygen atoms in total. The van der Waals surface area contributed by atoms with E-state index in [0.29, 0.717) is 0 Å². The second-order valence-electron chi connectivity index (χ2n) is 2.09. The van der Waals surface area contributed by atoms with Crippen LogP contribution in [-0.2, 0) is 9.59 Å². The van der Waals surface area contributed by atoms with Crippen LogP contribution in [0.2, 0.25) is 0 Å². The second kappa shape index (κ2) is 3.15. The lowest BCUT2D eigenvalue weighted by Gasteiger charge is -1.96. The molecule has 0 aromatic rings. The summed E-state index contributed by atoms with van der Waals surface area (Å²) in [6, 6.07) is 0. The predicted molar refractivity (Wildman–Crippen MR) is 36.7 cm³/mol. The highest BCUT2D eigenvalue weighted by Crippen LogP contribution is 2.01. The number of allylic oxidation sites excluding steroid dienone is 2. The Bertz CT molecular complexity index is 179. The van der Waals surface area contributed by atoms with E-state index < -0.39 is 11.5 Å². The van der Waals surface area contributed by atoms with E-state index in [1.54, 1.807) is 0 Å². The summed E-state index contributed by atoms with van der Waals surface area (Å²) in [4.78, 5) is 20.9. The summed E-state index contributed by atoms with van der Waals surface area (Å²) in [6.45, 7) is 3.93. The fourth-order valence-corrected chi connectivity index (χ4v) is 0.431. The molecule has 56 valence electrons. The summed E-state index contributed by atoms with van der Waals surface area (Å²) in [6.07, 6.45) is 0. The third-order valence-electron chi connectivity index (χ3n) is 1.22. The van der Waals surface area contributed by atoms with Gasteiger partial charge in [0.15, 0.2) is 17.3 Å². The number of carbonyl (C=O) groups excluding carboxylic acids is 2. The average Bonchev–Trinajstić information content (AvgIpc) is 1.84. The molecular weight excluding hydrogens is 132 g/mol. The monoisotopic (exact) mass is 142 g/mol. The van der Waals surface area contributed by atoms with Crippen LogP contribution in [0.1, 0.15) is 20.8 Å². The molecule has 10 heavy (non-hydrogen) atoms. The molecule has 0 saturated carbocycles. The zero-order valence-corrected chi connectivity index (χ0v) is 6.26. The summed E-state index contributed by atoms with van der Waals surface area (Å²) < 4.78 is 0. The molecule has 0 unspecified atom stereocenters. The first kappa shape index (κ1) is 8.88. The number of rotatable bonds is 2. The van der Waals surface area contributed by atoms with E-state index in [9.17, 15) is 9.59 Å². The van der Waals surface area contributed by atoms with Gasteiger partial charge < -0.3 is 5.11 Å². The van der Waals surface area contributed by atoms with E-state index in [1.165, 1.54) is 20.8 Å². The number of aliphatic hydroxyl groups excluding tert-OH is 1. The molecule has 0 aliphatic carbocycles. The van der Waals surface area contributed by atoms with Crippen LogP contribution in [-0.4, -0.2) is 16.7 Å². The van der Waals surface area contributed by atoms with Crippen molar-refractivity contribution in [3.05, 3.63) is 11.3 Å². The van der Waals surface area contributed by atoms with Crippen LogP contribution in [0, 0.1) is 0 Å². The molecular formula is C7H10O3. The molecule has 0 rings (SSSR count). The van der Waals surface area contributed by atoms with Gasteiger partial charge in [-0.2, -0.15) is 0 Å². The van der Waals surface area contributed by atoms with Gasteiger partial charge in [-0.1, -0.05) is 0 Å². The highest BCUT2D eigenvalue weighted by Gasteiger charge is 2.08. The van der Waals surface area contributed by atoms with Gasteiger partial charge in [0.05, 0.1) is 0 Å². The van der Waals surface area contributed by atoms with Crippen LogP contribution >= 0.6 is 0 Å². The maximum absolute atomic E-state index is 10.5. The van der Waals surface area contributed by atoms with E-state index in [1.807, 2.05) is 0 Å². The van der Waals surface area contributed by atoms with Crippen molar-refractivity contribution in [2.24, 2.45) is 0 Å². The minimum atomic E-state index is -0.479. The van der Waals surface area contributed by atoms with E-state index in [4.69, 9.17) is 5.11 Å². The molecule has 0 aromatic heterocycles. The van der Waals surface area contributed by atoms with E-state index in [-0.39, 0.29) is 11.4 Å². The molecule has 0 heterocycles. The van der Waals surface area contributed by atoms with Crippen molar-refractivity contribution in [2.45, 2.75) is 20.8 Å². The molecule has 0 saturated heterocycles. The molecule has 0 atom stereocenters. The van der Waals surface area contributed by atoms with Crippen LogP contribution in [0.3, 0.4) is 0 Å². The van der Waals surface area contributed by atoms with E-state index in [0.717, 1.165) is 0 Å². The van der Waals surface area contributed by atoms with Gasteiger partial charge >= 0.3 is 0 Å². The number of Topliss-reactive ketones (excluding diaryl/α,β-unsaturated/α-hetero) is 2. The Labute approximate surface area is 59.4 Å². The molecule has 0 fully saturated rings. The SMILES string of the molecule is CC(=O)C(C)=C(O)C(C)=O. The molecule has 0 bridgehead atoms. The molecule has 0 aliphatic rings. The first-order chi connectivity index (χ1) is 4.46. The van der Waals surface area contributed by atoms with Gasteiger partial charge in [-0.25, -0.2) is 0 Å². The molecule has 0 amide bonds. The molecule has 0 radical (unpaired) electrons. The van der Waals surface area contributed by atoms with E-state index >= 15 is 0 Å². The Hall–Kier alpha value is -1.12. The Morgan fingerprint density at radius 2 is 1.40 bits per heavy atom. The number of hydrogen-bond acceptors (Lipinski definition) is 3. The summed E-state index contributed by atoms with van der Waals surface area (Å²) in [5, 5.41) is 8.87. The highest BCUT2D eigenvalue weighted by atomic mass is 16.3. The normalized spacial score (nSPS) is 12.3. The largest absolute Gasteiger partial charge is 0.504 e. The van der Waals surface area contributed by atoms with Crippen molar-refractivity contribution in [3.8, 4) is 0 Å². The zero-order chi connectivity index (χ0) is 8.31. The maximum Gasteiger partial charge on any atom is 0.194 e. The third kappa shape index (κ3) is 2.01. The first-order valence-corrected chi connectivity index (χ1v) is 2.88. The van der Waals surface area contributed by atoms with Crippen LogP contribution in [0.4, 0.5) is 0 Å². The topological polar surface area (TPSA) is 54.4 Å². The third-order valence-corrected chi connectivity index (χ3v) is 1.22. The fourth-order valence-electron chi connectivity index (χ4n) is 0.431. The van der Waals surface area contributed by atoms with Crippen molar-refractivity contribution in [1.82, 2.24) is 0 Å². The Morgan fingerprint density at radius 1 is 1.00 bits per heavy atom. The standard InChI is InChI=1S/C7H10O3/c1-4(5(2)8)7(10)6(3)9/h10H,1-3H3. The smallest absolute Gasteiger partial charge is 0.194 e. The summed E-state index contributed by atoms with van der Waals surface area (Å²) in [5.74, 6) is -1.20. The van der Waals surface area contributed by atoms with Gasteiger partial charge in [-0.15, -0.1) is 0 Å². The lowest BCUT2D eigenvalue weighted by molar-refractivity contribution is -0.118. The molecule has 1 N–H and O–H groups in total. The van der Waals surface area contributed by atoms with Crippen LogP contribution in [0.15, 0.2) is 11.3 Å². The first-order valence-electron chi connectivity index (χ1n) is 2.88.